The first-order chi connectivity index (χ1) is 21.3. The Morgan fingerprint density at radius 3 is 2.36 bits per heavy atom. The van der Waals surface area contributed by atoms with Crippen LogP contribution in [0.5, 0.6) is 0 Å². The average molecular weight is 623 g/mol. The van der Waals surface area contributed by atoms with Crippen molar-refractivity contribution in [3.05, 3.63) is 75.9 Å². The first-order valence-electron chi connectivity index (χ1n) is 14.7. The number of hydrogen-bond donors (Lipinski definition) is 2. The summed E-state index contributed by atoms with van der Waals surface area (Å²) in [5, 5.41) is 21.6. The van der Waals surface area contributed by atoms with E-state index in [9.17, 15) is 19.8 Å². The summed E-state index contributed by atoms with van der Waals surface area (Å²) >= 11 is 2.89. The molecule has 1 fully saturated rings. The number of carboxylic acid groups (broad SMARTS) is 2. The Kier molecular flexibility index (Phi) is 7.26. The lowest BCUT2D eigenvalue weighted by molar-refractivity contribution is -0.137. The smallest absolute Gasteiger partial charge is 0.345 e. The van der Waals surface area contributed by atoms with Crippen LogP contribution in [0, 0.1) is 13.8 Å². The van der Waals surface area contributed by atoms with Gasteiger partial charge in [0, 0.05) is 17.1 Å². The average Bonchev–Trinajstić information content (AvgIpc) is 3.69. The van der Waals surface area contributed by atoms with Crippen LogP contribution in [-0.2, 0) is 11.3 Å². The van der Waals surface area contributed by atoms with E-state index < -0.39 is 11.9 Å². The van der Waals surface area contributed by atoms with Crippen molar-refractivity contribution in [1.29, 1.82) is 0 Å². The maximum atomic E-state index is 12.1. The van der Waals surface area contributed by atoms with Crippen molar-refractivity contribution in [2.45, 2.75) is 58.4 Å². The number of nitrogens with zero attached hydrogens (tertiary/aromatic N) is 4. The Morgan fingerprint density at radius 2 is 1.68 bits per heavy atom. The number of aryl methyl sites for hydroxylation is 2. The predicted molar refractivity (Wildman–Crippen MR) is 175 cm³/mol. The molecular weight excluding hydrogens is 593 g/mol. The topological polar surface area (TPSA) is 118 Å². The Balaban J connectivity index is 1.31. The fourth-order valence-corrected chi connectivity index (χ4v) is 8.54. The molecule has 10 heteroatoms. The molecular formula is C34H30N4O4S2. The Hall–Kier alpha value is -4.41. The van der Waals surface area contributed by atoms with Crippen molar-refractivity contribution >= 4 is 55.7 Å². The molecule has 5 aromatic heterocycles. The van der Waals surface area contributed by atoms with E-state index in [-0.39, 0.29) is 17.3 Å². The van der Waals surface area contributed by atoms with Crippen molar-refractivity contribution in [2.24, 2.45) is 0 Å². The van der Waals surface area contributed by atoms with Gasteiger partial charge in [0.05, 0.1) is 48.4 Å². The van der Waals surface area contributed by atoms with E-state index in [0.717, 1.165) is 90.6 Å². The highest BCUT2D eigenvalue weighted by atomic mass is 32.1. The van der Waals surface area contributed by atoms with Crippen LogP contribution in [0.1, 0.15) is 64.0 Å². The fourth-order valence-electron chi connectivity index (χ4n) is 6.52. The number of aliphatic carboxylic acids is 1. The Labute approximate surface area is 261 Å². The normalized spacial score (nSPS) is 14.0. The number of pyridine rings is 2. The summed E-state index contributed by atoms with van der Waals surface area (Å²) in [6, 6.07) is 15.8. The standard InChI is InChI=1S/C34H30N4O4S2/c1-18-32(43-19(2)36-18)26-13-10-23(16-35-26)25-11-8-21-14-22(9-12-24(21)37-25)31-30(20-6-4-3-5-7-20)33-27(38(31)17-29(39)40)15-28(44-33)34(41)42/h8-16,20H,3-7,17H2,1-2H3,(H,39,40)(H,41,42). The molecule has 0 spiro atoms. The highest BCUT2D eigenvalue weighted by Crippen LogP contribution is 2.47. The van der Waals surface area contributed by atoms with Crippen molar-refractivity contribution < 1.29 is 19.8 Å². The zero-order chi connectivity index (χ0) is 30.5. The van der Waals surface area contributed by atoms with Crippen LogP contribution in [-0.4, -0.2) is 41.7 Å². The minimum Gasteiger partial charge on any atom is -0.480 e. The van der Waals surface area contributed by atoms with Crippen LogP contribution >= 0.6 is 22.7 Å². The van der Waals surface area contributed by atoms with Crippen molar-refractivity contribution in [1.82, 2.24) is 19.5 Å². The molecule has 0 saturated heterocycles. The summed E-state index contributed by atoms with van der Waals surface area (Å²) in [6.07, 6.45) is 7.26. The van der Waals surface area contributed by atoms with Crippen LogP contribution in [0.15, 0.2) is 54.7 Å². The van der Waals surface area contributed by atoms with Crippen molar-refractivity contribution in [3.63, 3.8) is 0 Å². The SMILES string of the molecule is Cc1nc(C)c(-c2ccc(-c3ccc4cc(-c5c(C6CCCCC6)c6sc(C(=O)O)cc6n5CC(=O)O)ccc4n3)cn2)s1. The van der Waals surface area contributed by atoms with E-state index in [1.807, 2.05) is 56.4 Å². The van der Waals surface area contributed by atoms with Gasteiger partial charge in [0.15, 0.2) is 0 Å². The van der Waals surface area contributed by atoms with Crippen LogP contribution in [0.2, 0.25) is 0 Å². The number of thiazole rings is 1. The Bertz CT molecular complexity index is 2070. The highest BCUT2D eigenvalue weighted by Gasteiger charge is 2.29. The number of carboxylic acids is 2. The third-order valence-corrected chi connectivity index (χ3v) is 10.7. The lowest BCUT2D eigenvalue weighted by Gasteiger charge is -2.23. The molecule has 6 aromatic rings. The Morgan fingerprint density at radius 1 is 0.909 bits per heavy atom. The molecule has 0 atom stereocenters. The van der Waals surface area contributed by atoms with Gasteiger partial charge in [-0.1, -0.05) is 31.4 Å². The monoisotopic (exact) mass is 622 g/mol. The minimum atomic E-state index is -0.990. The number of hydrogen-bond acceptors (Lipinski definition) is 7. The number of thiophene rings is 1. The maximum absolute atomic E-state index is 12.1. The third kappa shape index (κ3) is 5.07. The highest BCUT2D eigenvalue weighted by molar-refractivity contribution is 7.21. The summed E-state index contributed by atoms with van der Waals surface area (Å²) < 4.78 is 2.69. The molecule has 222 valence electrons. The number of aromatic carboxylic acids is 1. The molecule has 7 rings (SSSR count). The maximum Gasteiger partial charge on any atom is 0.345 e. The number of fused-ring (bicyclic) bond motifs is 2. The molecule has 5 heterocycles. The quantitative estimate of drug-likeness (QED) is 0.183. The first-order valence-corrected chi connectivity index (χ1v) is 16.3. The molecule has 1 aromatic carbocycles. The number of aromatic nitrogens is 4. The van der Waals surface area contributed by atoms with Crippen LogP contribution in [0.25, 0.3) is 54.2 Å². The van der Waals surface area contributed by atoms with Gasteiger partial charge in [0.1, 0.15) is 11.4 Å². The van der Waals surface area contributed by atoms with Gasteiger partial charge in [-0.25, -0.2) is 14.8 Å². The van der Waals surface area contributed by atoms with Gasteiger partial charge in [-0.15, -0.1) is 22.7 Å². The van der Waals surface area contributed by atoms with Gasteiger partial charge in [-0.2, -0.15) is 0 Å². The number of rotatable bonds is 7. The van der Waals surface area contributed by atoms with E-state index in [2.05, 4.69) is 11.1 Å². The zero-order valence-corrected chi connectivity index (χ0v) is 26.0. The van der Waals surface area contributed by atoms with Crippen molar-refractivity contribution in [3.8, 4) is 33.1 Å². The van der Waals surface area contributed by atoms with Crippen LogP contribution in [0.3, 0.4) is 0 Å². The second-order valence-electron chi connectivity index (χ2n) is 11.4. The van der Waals surface area contributed by atoms with E-state index in [0.29, 0.717) is 5.52 Å². The molecule has 1 saturated carbocycles. The zero-order valence-electron chi connectivity index (χ0n) is 24.3. The molecule has 8 nitrogen and oxygen atoms in total. The number of benzene rings is 1. The summed E-state index contributed by atoms with van der Waals surface area (Å²) in [7, 11) is 0. The van der Waals surface area contributed by atoms with Crippen LogP contribution in [0.4, 0.5) is 0 Å². The first kappa shape index (κ1) is 28.4. The second-order valence-corrected chi connectivity index (χ2v) is 13.6. The third-order valence-electron chi connectivity index (χ3n) is 8.45. The van der Waals surface area contributed by atoms with E-state index >= 15 is 0 Å². The van der Waals surface area contributed by atoms with E-state index in [4.69, 9.17) is 9.97 Å². The molecule has 2 N–H and O–H groups in total. The lowest BCUT2D eigenvalue weighted by Crippen LogP contribution is -2.12. The molecule has 1 aliphatic carbocycles. The molecule has 44 heavy (non-hydrogen) atoms. The molecule has 0 radical (unpaired) electrons. The number of carbonyl (C=O) groups is 2. The van der Waals surface area contributed by atoms with Gasteiger partial charge in [-0.3, -0.25) is 9.78 Å². The lowest BCUT2D eigenvalue weighted by atomic mass is 9.83. The summed E-state index contributed by atoms with van der Waals surface area (Å²) in [5.41, 5.74) is 8.00. The van der Waals surface area contributed by atoms with E-state index in [1.165, 1.54) is 17.8 Å². The van der Waals surface area contributed by atoms with Gasteiger partial charge in [0.2, 0.25) is 0 Å². The molecule has 0 aliphatic heterocycles. The summed E-state index contributed by atoms with van der Waals surface area (Å²) in [4.78, 5) is 39.4. The van der Waals surface area contributed by atoms with Gasteiger partial charge < -0.3 is 14.8 Å². The molecule has 0 amide bonds. The van der Waals surface area contributed by atoms with Crippen molar-refractivity contribution in [2.75, 3.05) is 0 Å². The molecule has 0 bridgehead atoms. The second kappa shape index (κ2) is 11.3. The van der Waals surface area contributed by atoms with E-state index in [1.54, 1.807) is 22.0 Å². The fraction of sp³-hybridized carbons (Fsp3) is 0.265. The van der Waals surface area contributed by atoms with Crippen LogP contribution < -0.4 is 0 Å². The largest absolute Gasteiger partial charge is 0.480 e. The summed E-state index contributed by atoms with van der Waals surface area (Å²) in [6.45, 7) is 3.76. The van der Waals surface area contributed by atoms with Gasteiger partial charge in [-0.05, 0) is 80.1 Å². The molecule has 1 aliphatic rings. The molecule has 0 unspecified atom stereocenters. The summed E-state index contributed by atoms with van der Waals surface area (Å²) in [5.74, 6) is -1.70. The van der Waals surface area contributed by atoms with Gasteiger partial charge in [0.25, 0.3) is 0 Å². The van der Waals surface area contributed by atoms with Gasteiger partial charge >= 0.3 is 11.9 Å². The minimum absolute atomic E-state index is 0.229. The predicted octanol–water partition coefficient (Wildman–Crippen LogP) is 8.55.